The van der Waals surface area contributed by atoms with Crippen LogP contribution in [-0.4, -0.2) is 21.8 Å². The van der Waals surface area contributed by atoms with Gasteiger partial charge in [0, 0.05) is 17.2 Å². The average molecular weight is 288 g/mol. The lowest BCUT2D eigenvalue weighted by Gasteiger charge is -1.94. The molecule has 0 saturated heterocycles. The van der Waals surface area contributed by atoms with E-state index >= 15 is 0 Å². The fourth-order valence-electron chi connectivity index (χ4n) is 1.32. The Labute approximate surface area is 112 Å². The second-order valence-electron chi connectivity index (χ2n) is 3.44. The van der Waals surface area contributed by atoms with Gasteiger partial charge in [0.25, 0.3) is 0 Å². The summed E-state index contributed by atoms with van der Waals surface area (Å²) >= 11 is 9.09. The number of fused-ring (bicyclic) bond motifs is 1. The zero-order chi connectivity index (χ0) is 12.3. The van der Waals surface area contributed by atoms with Gasteiger partial charge in [-0.15, -0.1) is 11.3 Å². The first-order valence-electron chi connectivity index (χ1n) is 5.06. The molecule has 0 aliphatic rings. The van der Waals surface area contributed by atoms with Crippen molar-refractivity contribution in [3.8, 4) is 0 Å². The first-order valence-corrected chi connectivity index (χ1v) is 7.24. The number of aliphatic carboxylic acids is 1. The van der Waals surface area contributed by atoms with Crippen LogP contribution in [0.25, 0.3) is 10.2 Å². The van der Waals surface area contributed by atoms with Gasteiger partial charge >= 0.3 is 5.97 Å². The number of rotatable bonds is 5. The van der Waals surface area contributed by atoms with Gasteiger partial charge < -0.3 is 5.11 Å². The maximum Gasteiger partial charge on any atom is 0.303 e. The van der Waals surface area contributed by atoms with Crippen LogP contribution >= 0.6 is 34.7 Å². The first-order chi connectivity index (χ1) is 8.15. The third-order valence-electron chi connectivity index (χ3n) is 2.09. The normalized spacial score (nSPS) is 10.9. The predicted octanol–water partition coefficient (Wildman–Crippen LogP) is 3.91. The standard InChI is InChI=1S/C11H10ClNO2S2/c12-7-3-4-9-8(6-7)13-11(17-9)16-5-1-2-10(14)15/h3-4,6H,1-2,5H2,(H,14,15). The van der Waals surface area contributed by atoms with Crippen LogP contribution in [0.3, 0.4) is 0 Å². The molecule has 1 N–H and O–H groups in total. The van der Waals surface area contributed by atoms with Gasteiger partial charge in [-0.05, 0) is 24.6 Å². The van der Waals surface area contributed by atoms with Crippen LogP contribution in [0.15, 0.2) is 22.5 Å². The molecule has 1 heterocycles. The molecule has 2 rings (SSSR count). The molecule has 0 spiro atoms. The summed E-state index contributed by atoms with van der Waals surface area (Å²) in [5, 5.41) is 9.20. The number of carboxylic acid groups (broad SMARTS) is 1. The Kier molecular flexibility index (Phi) is 4.25. The summed E-state index contributed by atoms with van der Waals surface area (Å²) in [5.74, 6) is 0.0292. The highest BCUT2D eigenvalue weighted by Crippen LogP contribution is 2.31. The topological polar surface area (TPSA) is 50.2 Å². The van der Waals surface area contributed by atoms with Crippen LogP contribution in [0, 0.1) is 0 Å². The SMILES string of the molecule is O=C(O)CCCSc1nc2cc(Cl)ccc2s1. The molecule has 0 unspecified atom stereocenters. The van der Waals surface area contributed by atoms with Gasteiger partial charge in [-0.1, -0.05) is 23.4 Å². The Bertz CT molecular complexity index is 541. The Morgan fingerprint density at radius 1 is 1.53 bits per heavy atom. The summed E-state index contributed by atoms with van der Waals surface area (Å²) in [6.07, 6.45) is 0.875. The van der Waals surface area contributed by atoms with E-state index in [1.807, 2.05) is 18.2 Å². The third-order valence-corrected chi connectivity index (χ3v) is 4.59. The van der Waals surface area contributed by atoms with Crippen molar-refractivity contribution in [1.82, 2.24) is 4.98 Å². The molecule has 0 amide bonds. The zero-order valence-electron chi connectivity index (χ0n) is 8.85. The second kappa shape index (κ2) is 5.71. The van der Waals surface area contributed by atoms with Crippen LogP contribution in [0.4, 0.5) is 0 Å². The molecule has 1 aromatic heterocycles. The van der Waals surface area contributed by atoms with Gasteiger partial charge in [-0.3, -0.25) is 4.79 Å². The molecule has 0 aliphatic carbocycles. The minimum Gasteiger partial charge on any atom is -0.481 e. The fourth-order valence-corrected chi connectivity index (χ4v) is 3.55. The highest BCUT2D eigenvalue weighted by molar-refractivity contribution is 8.01. The van der Waals surface area contributed by atoms with E-state index < -0.39 is 5.97 Å². The minimum absolute atomic E-state index is 0.212. The quantitative estimate of drug-likeness (QED) is 0.669. The zero-order valence-corrected chi connectivity index (χ0v) is 11.2. The Balaban J connectivity index is 1.97. The minimum atomic E-state index is -0.748. The first kappa shape index (κ1) is 12.7. The molecule has 1 aromatic carbocycles. The maximum atomic E-state index is 10.4. The van der Waals surface area contributed by atoms with Crippen molar-refractivity contribution in [1.29, 1.82) is 0 Å². The van der Waals surface area contributed by atoms with Crippen molar-refractivity contribution in [3.63, 3.8) is 0 Å². The van der Waals surface area contributed by atoms with Crippen LogP contribution in [0.5, 0.6) is 0 Å². The molecule has 0 saturated carbocycles. The lowest BCUT2D eigenvalue weighted by molar-refractivity contribution is -0.137. The average Bonchev–Trinajstić information content (AvgIpc) is 2.66. The summed E-state index contributed by atoms with van der Waals surface area (Å²) in [6, 6.07) is 5.65. The number of thioether (sulfide) groups is 1. The largest absolute Gasteiger partial charge is 0.481 e. The van der Waals surface area contributed by atoms with E-state index in [2.05, 4.69) is 4.98 Å². The molecule has 0 atom stereocenters. The number of carbonyl (C=O) groups is 1. The summed E-state index contributed by atoms with van der Waals surface area (Å²) < 4.78 is 2.07. The Morgan fingerprint density at radius 2 is 2.35 bits per heavy atom. The smallest absolute Gasteiger partial charge is 0.303 e. The van der Waals surface area contributed by atoms with Gasteiger partial charge in [0.05, 0.1) is 10.2 Å². The van der Waals surface area contributed by atoms with Crippen LogP contribution in [0.2, 0.25) is 5.02 Å². The van der Waals surface area contributed by atoms with Gasteiger partial charge in [-0.25, -0.2) is 4.98 Å². The van der Waals surface area contributed by atoms with Gasteiger partial charge in [0.1, 0.15) is 0 Å². The van der Waals surface area contributed by atoms with Crippen molar-refractivity contribution in [2.24, 2.45) is 0 Å². The number of hydrogen-bond donors (Lipinski definition) is 1. The molecular formula is C11H10ClNO2S2. The third kappa shape index (κ3) is 3.59. The van der Waals surface area contributed by atoms with E-state index in [1.54, 1.807) is 23.1 Å². The van der Waals surface area contributed by atoms with Crippen molar-refractivity contribution < 1.29 is 9.90 Å². The maximum absolute atomic E-state index is 10.4. The van der Waals surface area contributed by atoms with Crippen LogP contribution in [0.1, 0.15) is 12.8 Å². The molecule has 0 radical (unpaired) electrons. The molecule has 0 aliphatic heterocycles. The Hall–Kier alpha value is -0.780. The number of hydrogen-bond acceptors (Lipinski definition) is 4. The van der Waals surface area contributed by atoms with Crippen molar-refractivity contribution in [3.05, 3.63) is 23.2 Å². The van der Waals surface area contributed by atoms with Gasteiger partial charge in [0.15, 0.2) is 4.34 Å². The van der Waals surface area contributed by atoms with Crippen LogP contribution in [-0.2, 0) is 4.79 Å². The van der Waals surface area contributed by atoms with E-state index in [9.17, 15) is 4.79 Å². The number of aromatic nitrogens is 1. The molecule has 0 bridgehead atoms. The van der Waals surface area contributed by atoms with Gasteiger partial charge in [-0.2, -0.15) is 0 Å². The molecule has 17 heavy (non-hydrogen) atoms. The van der Waals surface area contributed by atoms with Crippen molar-refractivity contribution in [2.45, 2.75) is 17.2 Å². The molecule has 2 aromatic rings. The van der Waals surface area contributed by atoms with Crippen LogP contribution < -0.4 is 0 Å². The van der Waals surface area contributed by atoms with E-state index in [0.29, 0.717) is 11.4 Å². The number of halogens is 1. The number of nitrogens with zero attached hydrogens (tertiary/aromatic N) is 1. The molecule has 0 fully saturated rings. The number of thiazole rings is 1. The second-order valence-corrected chi connectivity index (χ2v) is 6.25. The number of carboxylic acids is 1. The molecule has 90 valence electrons. The summed E-state index contributed by atoms with van der Waals surface area (Å²) in [7, 11) is 0. The van der Waals surface area contributed by atoms with Gasteiger partial charge in [0.2, 0.25) is 0 Å². The van der Waals surface area contributed by atoms with E-state index in [4.69, 9.17) is 16.7 Å². The fraction of sp³-hybridized carbons (Fsp3) is 0.273. The van der Waals surface area contributed by atoms with Crippen molar-refractivity contribution in [2.75, 3.05) is 5.75 Å². The lowest BCUT2D eigenvalue weighted by Crippen LogP contribution is -1.94. The molecule has 6 heteroatoms. The van der Waals surface area contributed by atoms with E-state index in [-0.39, 0.29) is 6.42 Å². The molecule has 3 nitrogen and oxygen atoms in total. The monoisotopic (exact) mass is 287 g/mol. The number of benzene rings is 1. The predicted molar refractivity (Wildman–Crippen MR) is 72.2 cm³/mol. The highest BCUT2D eigenvalue weighted by atomic mass is 35.5. The molecular weight excluding hydrogens is 278 g/mol. The lowest BCUT2D eigenvalue weighted by atomic mass is 10.3. The summed E-state index contributed by atoms with van der Waals surface area (Å²) in [5.41, 5.74) is 0.906. The summed E-state index contributed by atoms with van der Waals surface area (Å²) in [4.78, 5) is 14.8. The van der Waals surface area contributed by atoms with E-state index in [1.165, 1.54) is 0 Å². The Morgan fingerprint density at radius 3 is 3.12 bits per heavy atom. The van der Waals surface area contributed by atoms with Crippen molar-refractivity contribution >= 4 is 50.9 Å². The van der Waals surface area contributed by atoms with E-state index in [0.717, 1.165) is 20.3 Å². The summed E-state index contributed by atoms with van der Waals surface area (Å²) in [6.45, 7) is 0. The highest BCUT2D eigenvalue weighted by Gasteiger charge is 2.05.